The lowest BCUT2D eigenvalue weighted by Gasteiger charge is -2.29. The van der Waals surface area contributed by atoms with E-state index in [1.165, 1.54) is 0 Å². The maximum atomic E-state index is 13.9. The Labute approximate surface area is 158 Å². The summed E-state index contributed by atoms with van der Waals surface area (Å²) in [6, 6.07) is 26.6. The van der Waals surface area contributed by atoms with Gasteiger partial charge in [0.1, 0.15) is 5.41 Å². The molecule has 1 aliphatic heterocycles. The number of hydrogen-bond acceptors (Lipinski definition) is 1. The van der Waals surface area contributed by atoms with Gasteiger partial charge in [0.2, 0.25) is 5.91 Å². The fourth-order valence-electron chi connectivity index (χ4n) is 4.58. The van der Waals surface area contributed by atoms with E-state index >= 15 is 0 Å². The lowest BCUT2D eigenvalue weighted by atomic mass is 9.70. The summed E-state index contributed by atoms with van der Waals surface area (Å²) in [6.07, 6.45) is 2.12. The first-order valence-corrected chi connectivity index (χ1v) is 9.13. The van der Waals surface area contributed by atoms with Crippen molar-refractivity contribution in [2.24, 2.45) is 7.05 Å². The van der Waals surface area contributed by atoms with Crippen LogP contribution in [0, 0.1) is 0 Å². The molecule has 0 saturated heterocycles. The van der Waals surface area contributed by atoms with Crippen LogP contribution in [0.5, 0.6) is 0 Å². The topological polar surface area (TPSA) is 25.2 Å². The number of carbonyl (C=O) groups is 1. The normalized spacial score (nSPS) is 18.9. The summed E-state index contributed by atoms with van der Waals surface area (Å²) in [5.74, 6) is 0.0891. The Morgan fingerprint density at radius 2 is 1.41 bits per heavy atom. The highest BCUT2D eigenvalue weighted by molar-refractivity contribution is 6.14. The van der Waals surface area contributed by atoms with Crippen molar-refractivity contribution >= 4 is 22.5 Å². The number of fused-ring (bicyclic) bond motifs is 2. The number of amides is 1. The SMILES string of the molecule is CN1C(=O)[C@](c2ccccc2)(c2cn(C)c3ccccc23)c2ccccc21. The van der Waals surface area contributed by atoms with E-state index in [1.807, 2.05) is 62.6 Å². The zero-order valence-electron chi connectivity index (χ0n) is 15.4. The van der Waals surface area contributed by atoms with Gasteiger partial charge in [-0.3, -0.25) is 4.79 Å². The van der Waals surface area contributed by atoms with Crippen molar-refractivity contribution in [1.29, 1.82) is 0 Å². The van der Waals surface area contributed by atoms with E-state index in [2.05, 4.69) is 41.1 Å². The minimum Gasteiger partial charge on any atom is -0.350 e. The van der Waals surface area contributed by atoms with Crippen LogP contribution in [0.25, 0.3) is 10.9 Å². The summed E-state index contributed by atoms with van der Waals surface area (Å²) < 4.78 is 2.11. The average Bonchev–Trinajstić information content (AvgIpc) is 3.17. The van der Waals surface area contributed by atoms with Gasteiger partial charge in [-0.2, -0.15) is 0 Å². The Morgan fingerprint density at radius 1 is 0.741 bits per heavy atom. The predicted octanol–water partition coefficient (Wildman–Crippen LogP) is 4.49. The molecule has 0 N–H and O–H groups in total. The summed E-state index contributed by atoms with van der Waals surface area (Å²) >= 11 is 0. The van der Waals surface area contributed by atoms with Crippen molar-refractivity contribution in [2.75, 3.05) is 11.9 Å². The van der Waals surface area contributed by atoms with Crippen molar-refractivity contribution in [3.8, 4) is 0 Å². The Morgan fingerprint density at radius 3 is 2.22 bits per heavy atom. The first-order chi connectivity index (χ1) is 13.2. The molecule has 0 bridgehead atoms. The summed E-state index contributed by atoms with van der Waals surface area (Å²) in [5.41, 5.74) is 4.34. The standard InChI is InChI=1S/C24H20N2O/c1-25-16-20(18-12-6-8-14-21(18)25)24(17-10-4-3-5-11-17)19-13-7-9-15-22(19)26(2)23(24)27/h3-16H,1-2H3/t24-/m0/s1. The van der Waals surface area contributed by atoms with Crippen molar-refractivity contribution in [1.82, 2.24) is 4.57 Å². The quantitative estimate of drug-likeness (QED) is 0.522. The minimum atomic E-state index is -0.840. The van der Waals surface area contributed by atoms with Gasteiger partial charge in [-0.1, -0.05) is 66.7 Å². The molecule has 0 spiro atoms. The Kier molecular flexibility index (Phi) is 3.28. The number of nitrogens with zero attached hydrogens (tertiary/aromatic N) is 2. The number of carbonyl (C=O) groups excluding carboxylic acids is 1. The van der Waals surface area contributed by atoms with Crippen LogP contribution < -0.4 is 4.90 Å². The van der Waals surface area contributed by atoms with E-state index in [0.717, 1.165) is 33.3 Å². The lowest BCUT2D eigenvalue weighted by Crippen LogP contribution is -2.40. The molecule has 3 heteroatoms. The zero-order chi connectivity index (χ0) is 18.6. The largest absolute Gasteiger partial charge is 0.350 e. The van der Waals surface area contributed by atoms with Gasteiger partial charge >= 0.3 is 0 Å². The second-order valence-corrected chi connectivity index (χ2v) is 7.17. The molecule has 3 aromatic carbocycles. The third-order valence-corrected chi connectivity index (χ3v) is 5.80. The third-order valence-electron chi connectivity index (χ3n) is 5.80. The fraction of sp³-hybridized carbons (Fsp3) is 0.125. The molecule has 3 nitrogen and oxygen atoms in total. The third kappa shape index (κ3) is 1.94. The number of likely N-dealkylation sites (N-methyl/N-ethyl adjacent to an activating group) is 1. The van der Waals surface area contributed by atoms with Gasteiger partial charge in [0.05, 0.1) is 0 Å². The van der Waals surface area contributed by atoms with Crippen molar-refractivity contribution in [3.05, 3.63) is 102 Å². The molecule has 1 amide bonds. The summed E-state index contributed by atoms with van der Waals surface area (Å²) in [4.78, 5) is 15.7. The Hall–Kier alpha value is -3.33. The molecule has 2 heterocycles. The number of para-hydroxylation sites is 2. The van der Waals surface area contributed by atoms with E-state index in [4.69, 9.17) is 0 Å². The van der Waals surface area contributed by atoms with Gasteiger partial charge in [-0.25, -0.2) is 0 Å². The lowest BCUT2D eigenvalue weighted by molar-refractivity contribution is -0.120. The second kappa shape index (κ2) is 5.58. The number of anilines is 1. The predicted molar refractivity (Wildman–Crippen MR) is 109 cm³/mol. The molecule has 5 rings (SSSR count). The Bertz CT molecular complexity index is 1180. The first-order valence-electron chi connectivity index (χ1n) is 9.13. The molecular formula is C24H20N2O. The summed E-state index contributed by atoms with van der Waals surface area (Å²) in [7, 11) is 3.91. The molecule has 0 fully saturated rings. The molecule has 132 valence electrons. The molecule has 0 unspecified atom stereocenters. The smallest absolute Gasteiger partial charge is 0.246 e. The monoisotopic (exact) mass is 352 g/mol. The summed E-state index contributed by atoms with van der Waals surface area (Å²) in [5, 5.41) is 1.11. The van der Waals surface area contributed by atoms with E-state index < -0.39 is 5.41 Å². The molecule has 0 radical (unpaired) electrons. The van der Waals surface area contributed by atoms with Crippen molar-refractivity contribution in [3.63, 3.8) is 0 Å². The van der Waals surface area contributed by atoms with E-state index in [0.29, 0.717) is 0 Å². The number of hydrogen-bond donors (Lipinski definition) is 0. The van der Waals surface area contributed by atoms with Crippen LogP contribution in [0.4, 0.5) is 5.69 Å². The average molecular weight is 352 g/mol. The number of aryl methyl sites for hydroxylation is 1. The molecular weight excluding hydrogens is 332 g/mol. The number of rotatable bonds is 2. The van der Waals surface area contributed by atoms with E-state index in [-0.39, 0.29) is 5.91 Å². The van der Waals surface area contributed by atoms with Crippen LogP contribution >= 0.6 is 0 Å². The molecule has 4 aromatic rings. The van der Waals surface area contributed by atoms with E-state index in [9.17, 15) is 4.79 Å². The van der Waals surface area contributed by atoms with Gasteiger partial charge < -0.3 is 9.47 Å². The molecule has 0 saturated carbocycles. The second-order valence-electron chi connectivity index (χ2n) is 7.17. The zero-order valence-corrected chi connectivity index (χ0v) is 15.4. The highest BCUT2D eigenvalue weighted by Gasteiger charge is 2.53. The fourth-order valence-corrected chi connectivity index (χ4v) is 4.58. The van der Waals surface area contributed by atoms with Gasteiger partial charge in [0.25, 0.3) is 0 Å². The minimum absolute atomic E-state index is 0.0891. The van der Waals surface area contributed by atoms with Gasteiger partial charge in [-0.15, -0.1) is 0 Å². The molecule has 1 aliphatic rings. The molecule has 0 aliphatic carbocycles. The van der Waals surface area contributed by atoms with Gasteiger partial charge in [0, 0.05) is 48.0 Å². The van der Waals surface area contributed by atoms with Crippen LogP contribution in [0.2, 0.25) is 0 Å². The van der Waals surface area contributed by atoms with Crippen LogP contribution in [0.15, 0.2) is 85.1 Å². The van der Waals surface area contributed by atoms with Gasteiger partial charge in [-0.05, 0) is 17.7 Å². The van der Waals surface area contributed by atoms with Crippen molar-refractivity contribution < 1.29 is 4.79 Å². The van der Waals surface area contributed by atoms with Crippen LogP contribution in [0.3, 0.4) is 0 Å². The molecule has 27 heavy (non-hydrogen) atoms. The van der Waals surface area contributed by atoms with Crippen LogP contribution in [-0.2, 0) is 17.3 Å². The molecule has 1 atom stereocenters. The number of aromatic nitrogens is 1. The van der Waals surface area contributed by atoms with Crippen LogP contribution in [0.1, 0.15) is 16.7 Å². The molecule has 1 aromatic heterocycles. The maximum Gasteiger partial charge on any atom is 0.246 e. The maximum absolute atomic E-state index is 13.9. The van der Waals surface area contributed by atoms with E-state index in [1.54, 1.807) is 4.90 Å². The number of benzene rings is 3. The highest BCUT2D eigenvalue weighted by Crippen LogP contribution is 2.51. The first kappa shape index (κ1) is 15.9. The highest BCUT2D eigenvalue weighted by atomic mass is 16.2. The summed E-state index contributed by atoms with van der Waals surface area (Å²) in [6.45, 7) is 0. The van der Waals surface area contributed by atoms with Crippen LogP contribution in [-0.4, -0.2) is 17.5 Å². The van der Waals surface area contributed by atoms with Gasteiger partial charge in [0.15, 0.2) is 0 Å². The Balaban J connectivity index is 1.97. The van der Waals surface area contributed by atoms with Crippen molar-refractivity contribution in [2.45, 2.75) is 5.41 Å².